The van der Waals surface area contributed by atoms with Crippen LogP contribution in [0.3, 0.4) is 0 Å². The van der Waals surface area contributed by atoms with E-state index in [1.54, 1.807) is 42.5 Å². The lowest BCUT2D eigenvalue weighted by atomic mass is 10.1. The second kappa shape index (κ2) is 9.50. The molecule has 9 heteroatoms. The van der Waals surface area contributed by atoms with Crippen LogP contribution >= 0.6 is 0 Å². The number of nitrogens with zero attached hydrogens (tertiary/aromatic N) is 5. The minimum absolute atomic E-state index is 0.209. The Bertz CT molecular complexity index is 1530. The Hall–Kier alpha value is -4.71. The van der Waals surface area contributed by atoms with Gasteiger partial charge in [-0.05, 0) is 62.4 Å². The van der Waals surface area contributed by atoms with E-state index in [-0.39, 0.29) is 17.9 Å². The number of nitrogens with one attached hydrogen (secondary N) is 1. The second-order valence-electron chi connectivity index (χ2n) is 8.63. The standard InChI is InChI=1S/C27H25N7O2/c1-3-5-22(35)33-14-4-6-20(33)26-32-23(24-25(28)30-13-15-34(24)26)18-7-9-19(10-8-18)27(36)31-21-16-17(2)11-12-29-21/h7-13,15-16,20H,4,6,14H2,1-2H3,(H2,28,30)(H,29,31,36)/t20-/m0/s1. The van der Waals surface area contributed by atoms with Gasteiger partial charge in [-0.15, -0.1) is 0 Å². The zero-order chi connectivity index (χ0) is 25.2. The number of likely N-dealkylation sites (tertiary alicyclic amines) is 1. The normalized spacial score (nSPS) is 14.9. The van der Waals surface area contributed by atoms with Gasteiger partial charge in [0.25, 0.3) is 11.8 Å². The van der Waals surface area contributed by atoms with E-state index < -0.39 is 0 Å². The van der Waals surface area contributed by atoms with Gasteiger partial charge in [0.15, 0.2) is 0 Å². The number of carbonyl (C=O) groups excluding carboxylic acids is 2. The van der Waals surface area contributed by atoms with Crippen molar-refractivity contribution < 1.29 is 9.59 Å². The molecule has 1 aliphatic rings. The number of nitrogens with two attached hydrogens (primary N) is 1. The molecule has 1 fully saturated rings. The molecular formula is C27H25N7O2. The van der Waals surface area contributed by atoms with Gasteiger partial charge >= 0.3 is 0 Å². The van der Waals surface area contributed by atoms with E-state index in [0.29, 0.717) is 40.8 Å². The number of carbonyl (C=O) groups is 2. The number of benzene rings is 1. The van der Waals surface area contributed by atoms with Crippen LogP contribution in [0.5, 0.6) is 0 Å². The van der Waals surface area contributed by atoms with Crippen LogP contribution in [0.15, 0.2) is 55.0 Å². The van der Waals surface area contributed by atoms with Gasteiger partial charge in [0.05, 0.1) is 6.04 Å². The molecule has 3 aromatic heterocycles. The van der Waals surface area contributed by atoms with Crippen molar-refractivity contribution in [1.82, 2.24) is 24.3 Å². The van der Waals surface area contributed by atoms with E-state index >= 15 is 0 Å². The van der Waals surface area contributed by atoms with Crippen LogP contribution in [-0.4, -0.2) is 42.6 Å². The molecule has 3 N–H and O–H groups in total. The third-order valence-electron chi connectivity index (χ3n) is 6.23. The number of aromatic nitrogens is 4. The van der Waals surface area contributed by atoms with Crippen molar-refractivity contribution in [3.05, 3.63) is 71.9 Å². The lowest BCUT2D eigenvalue weighted by Crippen LogP contribution is -2.30. The van der Waals surface area contributed by atoms with Crippen LogP contribution in [-0.2, 0) is 4.79 Å². The minimum Gasteiger partial charge on any atom is -0.382 e. The average Bonchev–Trinajstić information content (AvgIpc) is 3.50. The van der Waals surface area contributed by atoms with Crippen molar-refractivity contribution in [3.8, 4) is 23.1 Å². The van der Waals surface area contributed by atoms with Crippen molar-refractivity contribution in [1.29, 1.82) is 0 Å². The van der Waals surface area contributed by atoms with Gasteiger partial charge in [-0.3, -0.25) is 14.0 Å². The molecule has 5 rings (SSSR count). The summed E-state index contributed by atoms with van der Waals surface area (Å²) in [7, 11) is 0. The van der Waals surface area contributed by atoms with E-state index in [1.807, 2.05) is 35.6 Å². The summed E-state index contributed by atoms with van der Waals surface area (Å²) in [5, 5.41) is 2.82. The third kappa shape index (κ3) is 4.25. The number of fused-ring (bicyclic) bond motifs is 1. The maximum absolute atomic E-state index is 12.7. The number of hydrogen-bond donors (Lipinski definition) is 2. The van der Waals surface area contributed by atoms with E-state index in [2.05, 4.69) is 27.1 Å². The highest BCUT2D eigenvalue weighted by atomic mass is 16.2. The molecule has 0 aliphatic carbocycles. The molecule has 2 amide bonds. The molecule has 1 atom stereocenters. The minimum atomic E-state index is -0.256. The molecule has 36 heavy (non-hydrogen) atoms. The van der Waals surface area contributed by atoms with E-state index in [9.17, 15) is 9.59 Å². The van der Waals surface area contributed by atoms with Crippen LogP contribution < -0.4 is 11.1 Å². The summed E-state index contributed by atoms with van der Waals surface area (Å²) in [5.74, 6) is 6.41. The van der Waals surface area contributed by atoms with Crippen molar-refractivity contribution in [2.24, 2.45) is 0 Å². The number of amides is 2. The first-order valence-electron chi connectivity index (χ1n) is 11.7. The van der Waals surface area contributed by atoms with Gasteiger partial charge in [-0.1, -0.05) is 18.1 Å². The molecule has 0 bridgehead atoms. The summed E-state index contributed by atoms with van der Waals surface area (Å²) in [6, 6.07) is 10.6. The Kier molecular flexibility index (Phi) is 6.09. The highest BCUT2D eigenvalue weighted by molar-refractivity contribution is 6.04. The number of hydrogen-bond acceptors (Lipinski definition) is 6. The summed E-state index contributed by atoms with van der Waals surface area (Å²) >= 11 is 0. The number of anilines is 2. The maximum Gasteiger partial charge on any atom is 0.299 e. The zero-order valence-electron chi connectivity index (χ0n) is 20.0. The van der Waals surface area contributed by atoms with Crippen LogP contribution in [0.1, 0.15) is 47.6 Å². The van der Waals surface area contributed by atoms with E-state index in [0.717, 1.165) is 24.0 Å². The number of imidazole rings is 1. The molecule has 4 heterocycles. The molecule has 180 valence electrons. The number of nitrogen functional groups attached to an aromatic ring is 1. The van der Waals surface area contributed by atoms with Gasteiger partial charge in [0.1, 0.15) is 28.7 Å². The Morgan fingerprint density at radius 1 is 1.14 bits per heavy atom. The largest absolute Gasteiger partial charge is 0.382 e. The summed E-state index contributed by atoms with van der Waals surface area (Å²) in [6.45, 7) is 4.22. The van der Waals surface area contributed by atoms with Crippen LogP contribution in [0, 0.1) is 18.8 Å². The number of aryl methyl sites for hydroxylation is 1. The summed E-state index contributed by atoms with van der Waals surface area (Å²) in [6.07, 6.45) is 6.73. The van der Waals surface area contributed by atoms with Gasteiger partial charge in [0.2, 0.25) is 0 Å². The second-order valence-corrected chi connectivity index (χ2v) is 8.63. The smallest absolute Gasteiger partial charge is 0.299 e. The van der Waals surface area contributed by atoms with Gasteiger partial charge in [0, 0.05) is 36.3 Å². The highest BCUT2D eigenvalue weighted by Crippen LogP contribution is 2.36. The third-order valence-corrected chi connectivity index (χ3v) is 6.23. The van der Waals surface area contributed by atoms with Crippen molar-refractivity contribution in [3.63, 3.8) is 0 Å². The fourth-order valence-electron chi connectivity index (χ4n) is 4.55. The summed E-state index contributed by atoms with van der Waals surface area (Å²) < 4.78 is 1.90. The van der Waals surface area contributed by atoms with Gasteiger partial charge in [-0.2, -0.15) is 0 Å². The fraction of sp³-hybridized carbons (Fsp3) is 0.222. The SMILES string of the molecule is CC#CC(=O)N1CCC[C@H]1c1nc(-c2ccc(C(=O)Nc3cc(C)ccn3)cc2)c2c(N)nccn12. The topological polar surface area (TPSA) is 119 Å². The van der Waals surface area contributed by atoms with Crippen molar-refractivity contribution in [2.45, 2.75) is 32.7 Å². The van der Waals surface area contributed by atoms with E-state index in [1.165, 1.54) is 0 Å². The molecule has 4 aromatic rings. The van der Waals surface area contributed by atoms with Gasteiger partial charge < -0.3 is 16.0 Å². The summed E-state index contributed by atoms with van der Waals surface area (Å²) in [4.78, 5) is 40.5. The first-order chi connectivity index (χ1) is 17.5. The molecule has 0 unspecified atom stereocenters. The lowest BCUT2D eigenvalue weighted by Gasteiger charge is -2.21. The van der Waals surface area contributed by atoms with Crippen LogP contribution in [0.2, 0.25) is 0 Å². The van der Waals surface area contributed by atoms with Crippen molar-refractivity contribution >= 4 is 29.0 Å². The first-order valence-corrected chi connectivity index (χ1v) is 11.7. The zero-order valence-corrected chi connectivity index (χ0v) is 20.0. The van der Waals surface area contributed by atoms with Gasteiger partial charge in [-0.25, -0.2) is 15.0 Å². The molecule has 1 aromatic carbocycles. The Labute approximate surface area is 208 Å². The lowest BCUT2D eigenvalue weighted by molar-refractivity contribution is -0.126. The molecule has 0 spiro atoms. The predicted octanol–water partition coefficient (Wildman–Crippen LogP) is 3.62. The molecule has 0 saturated carbocycles. The first kappa shape index (κ1) is 23.1. The Balaban J connectivity index is 1.49. The quantitative estimate of drug-likeness (QED) is 0.432. The molecule has 9 nitrogen and oxygen atoms in total. The molecule has 0 radical (unpaired) electrons. The Morgan fingerprint density at radius 3 is 2.69 bits per heavy atom. The fourth-order valence-corrected chi connectivity index (χ4v) is 4.55. The molecular weight excluding hydrogens is 454 g/mol. The monoisotopic (exact) mass is 479 g/mol. The average molecular weight is 480 g/mol. The van der Waals surface area contributed by atoms with Crippen LogP contribution in [0.25, 0.3) is 16.8 Å². The maximum atomic E-state index is 12.7. The van der Waals surface area contributed by atoms with Crippen molar-refractivity contribution in [2.75, 3.05) is 17.6 Å². The van der Waals surface area contributed by atoms with Crippen LogP contribution in [0.4, 0.5) is 11.6 Å². The summed E-state index contributed by atoms with van der Waals surface area (Å²) in [5.41, 5.74) is 9.86. The number of rotatable bonds is 4. The molecule has 1 saturated heterocycles. The molecule has 1 aliphatic heterocycles. The Morgan fingerprint density at radius 2 is 1.94 bits per heavy atom. The van der Waals surface area contributed by atoms with E-state index in [4.69, 9.17) is 10.7 Å². The number of pyridine rings is 1. The predicted molar refractivity (Wildman–Crippen MR) is 137 cm³/mol. The highest BCUT2D eigenvalue weighted by Gasteiger charge is 2.33.